The van der Waals surface area contributed by atoms with Crippen LogP contribution in [0.4, 0.5) is 10.1 Å². The molecular formula is C21H23FN2O. The summed E-state index contributed by atoms with van der Waals surface area (Å²) in [7, 11) is 2.07. The number of amides is 1. The minimum atomic E-state index is -0.330. The minimum Gasteiger partial charge on any atom is -0.369 e. The SMILES string of the molecule is CC(NC(=O)C=Cc1ccccc1F)C1CCc2ccccc2N1C. The molecule has 0 spiro atoms. The van der Waals surface area contributed by atoms with Crippen LogP contribution < -0.4 is 10.2 Å². The molecule has 25 heavy (non-hydrogen) atoms. The summed E-state index contributed by atoms with van der Waals surface area (Å²) in [6, 6.07) is 15.0. The van der Waals surface area contributed by atoms with Gasteiger partial charge in [0.15, 0.2) is 0 Å². The summed E-state index contributed by atoms with van der Waals surface area (Å²) >= 11 is 0. The molecule has 1 aliphatic heterocycles. The van der Waals surface area contributed by atoms with Crippen LogP contribution in [0.5, 0.6) is 0 Å². The summed E-state index contributed by atoms with van der Waals surface area (Å²) in [5, 5.41) is 3.01. The van der Waals surface area contributed by atoms with Gasteiger partial charge in [-0.05, 0) is 43.5 Å². The summed E-state index contributed by atoms with van der Waals surface area (Å²) < 4.78 is 13.6. The fourth-order valence-electron chi connectivity index (χ4n) is 3.47. The van der Waals surface area contributed by atoms with E-state index in [4.69, 9.17) is 0 Å². The van der Waals surface area contributed by atoms with Crippen molar-refractivity contribution in [1.29, 1.82) is 0 Å². The van der Waals surface area contributed by atoms with Crippen LogP contribution >= 0.6 is 0 Å². The van der Waals surface area contributed by atoms with E-state index in [-0.39, 0.29) is 23.8 Å². The number of nitrogens with zero attached hydrogens (tertiary/aromatic N) is 1. The number of rotatable bonds is 4. The van der Waals surface area contributed by atoms with Crippen LogP contribution in [-0.2, 0) is 11.2 Å². The van der Waals surface area contributed by atoms with Crippen LogP contribution in [0.25, 0.3) is 6.08 Å². The number of nitrogens with one attached hydrogen (secondary N) is 1. The molecule has 4 heteroatoms. The largest absolute Gasteiger partial charge is 0.369 e. The second-order valence-corrected chi connectivity index (χ2v) is 6.50. The quantitative estimate of drug-likeness (QED) is 0.860. The second kappa shape index (κ2) is 7.51. The van der Waals surface area contributed by atoms with Crippen LogP contribution in [0.15, 0.2) is 54.6 Å². The van der Waals surface area contributed by atoms with Crippen molar-refractivity contribution in [2.24, 2.45) is 0 Å². The molecular weight excluding hydrogens is 315 g/mol. The Kier molecular flexibility index (Phi) is 5.17. The Labute approximate surface area is 148 Å². The Morgan fingerprint density at radius 1 is 1.24 bits per heavy atom. The smallest absolute Gasteiger partial charge is 0.244 e. The van der Waals surface area contributed by atoms with E-state index in [1.165, 1.54) is 29.5 Å². The summed E-state index contributed by atoms with van der Waals surface area (Å²) in [6.07, 6.45) is 4.91. The molecule has 1 heterocycles. The minimum absolute atomic E-state index is 0.00359. The lowest BCUT2D eigenvalue weighted by Gasteiger charge is -2.39. The zero-order valence-electron chi connectivity index (χ0n) is 14.6. The van der Waals surface area contributed by atoms with Gasteiger partial charge in [-0.1, -0.05) is 36.4 Å². The van der Waals surface area contributed by atoms with Gasteiger partial charge in [0, 0.05) is 36.5 Å². The molecule has 1 amide bonds. The number of benzene rings is 2. The average Bonchev–Trinajstić information content (AvgIpc) is 2.61. The molecule has 3 rings (SSSR count). The molecule has 1 N–H and O–H groups in total. The van der Waals surface area contributed by atoms with Crippen molar-refractivity contribution in [3.05, 3.63) is 71.6 Å². The number of anilines is 1. The Bertz CT molecular complexity index is 787. The number of halogens is 1. The van der Waals surface area contributed by atoms with Gasteiger partial charge in [0.2, 0.25) is 5.91 Å². The molecule has 130 valence electrons. The van der Waals surface area contributed by atoms with E-state index in [0.29, 0.717) is 5.56 Å². The maximum absolute atomic E-state index is 13.6. The maximum atomic E-state index is 13.6. The summed E-state index contributed by atoms with van der Waals surface area (Å²) in [4.78, 5) is 14.4. The second-order valence-electron chi connectivity index (χ2n) is 6.50. The summed E-state index contributed by atoms with van der Waals surface area (Å²) in [5.74, 6) is -0.536. The highest BCUT2D eigenvalue weighted by atomic mass is 19.1. The molecule has 2 atom stereocenters. The van der Waals surface area contributed by atoms with E-state index in [2.05, 4.69) is 35.5 Å². The summed E-state index contributed by atoms with van der Waals surface area (Å²) in [6.45, 7) is 2.02. The van der Waals surface area contributed by atoms with Gasteiger partial charge in [-0.15, -0.1) is 0 Å². The van der Waals surface area contributed by atoms with Gasteiger partial charge in [0.25, 0.3) is 0 Å². The third kappa shape index (κ3) is 3.90. The first-order valence-corrected chi connectivity index (χ1v) is 8.60. The van der Waals surface area contributed by atoms with Gasteiger partial charge in [0.05, 0.1) is 0 Å². The normalized spacial score (nSPS) is 18.0. The third-order valence-corrected chi connectivity index (χ3v) is 4.85. The number of carbonyl (C=O) groups is 1. The number of likely N-dealkylation sites (N-methyl/N-ethyl adjacent to an activating group) is 1. The first kappa shape index (κ1) is 17.2. The molecule has 2 aromatic carbocycles. The highest BCUT2D eigenvalue weighted by Gasteiger charge is 2.28. The molecule has 2 aromatic rings. The van der Waals surface area contributed by atoms with Crippen LogP contribution in [0.3, 0.4) is 0 Å². The fourth-order valence-corrected chi connectivity index (χ4v) is 3.47. The van der Waals surface area contributed by atoms with E-state index in [0.717, 1.165) is 12.8 Å². The van der Waals surface area contributed by atoms with Crippen LogP contribution in [0.2, 0.25) is 0 Å². The van der Waals surface area contributed by atoms with Crippen molar-refractivity contribution < 1.29 is 9.18 Å². The predicted molar refractivity (Wildman–Crippen MR) is 100.0 cm³/mol. The Hall–Kier alpha value is -2.62. The van der Waals surface area contributed by atoms with Crippen molar-refractivity contribution in [1.82, 2.24) is 5.32 Å². The van der Waals surface area contributed by atoms with Crippen molar-refractivity contribution in [2.75, 3.05) is 11.9 Å². The first-order valence-electron chi connectivity index (χ1n) is 8.60. The number of para-hydroxylation sites is 1. The van der Waals surface area contributed by atoms with Gasteiger partial charge in [-0.2, -0.15) is 0 Å². The molecule has 0 bridgehead atoms. The Morgan fingerprint density at radius 2 is 1.96 bits per heavy atom. The molecule has 0 saturated carbocycles. The van der Waals surface area contributed by atoms with Gasteiger partial charge in [0.1, 0.15) is 5.82 Å². The molecule has 0 aromatic heterocycles. The van der Waals surface area contributed by atoms with Crippen molar-refractivity contribution in [3.63, 3.8) is 0 Å². The highest BCUT2D eigenvalue weighted by molar-refractivity contribution is 5.92. The van der Waals surface area contributed by atoms with Gasteiger partial charge < -0.3 is 10.2 Å². The van der Waals surface area contributed by atoms with Crippen LogP contribution in [0.1, 0.15) is 24.5 Å². The molecule has 0 saturated heterocycles. The average molecular weight is 338 g/mol. The first-order chi connectivity index (χ1) is 12.1. The maximum Gasteiger partial charge on any atom is 0.244 e. The number of fused-ring (bicyclic) bond motifs is 1. The van der Waals surface area contributed by atoms with Crippen LogP contribution in [-0.4, -0.2) is 25.0 Å². The van der Waals surface area contributed by atoms with E-state index >= 15 is 0 Å². The fraction of sp³-hybridized carbons (Fsp3) is 0.286. The topological polar surface area (TPSA) is 32.3 Å². The van der Waals surface area contributed by atoms with E-state index < -0.39 is 0 Å². The molecule has 1 aliphatic rings. The standard InChI is InChI=1S/C21H23FN2O/c1-15(19-13-11-17-8-4-6-10-20(17)24(19)2)23-21(25)14-12-16-7-3-5-9-18(16)22/h3-10,12,14-15,19H,11,13H2,1-2H3,(H,23,25). The predicted octanol–water partition coefficient (Wildman–Crippen LogP) is 3.79. The zero-order chi connectivity index (χ0) is 17.8. The molecule has 0 radical (unpaired) electrons. The lowest BCUT2D eigenvalue weighted by atomic mass is 9.92. The number of hydrogen-bond donors (Lipinski definition) is 1. The molecule has 2 unspecified atom stereocenters. The summed E-state index contributed by atoms with van der Waals surface area (Å²) in [5.41, 5.74) is 2.98. The third-order valence-electron chi connectivity index (χ3n) is 4.85. The Balaban J connectivity index is 1.63. The van der Waals surface area contributed by atoms with Crippen molar-refractivity contribution in [3.8, 4) is 0 Å². The van der Waals surface area contributed by atoms with E-state index in [9.17, 15) is 9.18 Å². The van der Waals surface area contributed by atoms with Gasteiger partial charge in [-0.25, -0.2) is 4.39 Å². The number of hydrogen-bond acceptors (Lipinski definition) is 2. The molecule has 3 nitrogen and oxygen atoms in total. The van der Waals surface area contributed by atoms with E-state index in [1.54, 1.807) is 18.2 Å². The van der Waals surface area contributed by atoms with E-state index in [1.807, 2.05) is 13.0 Å². The highest BCUT2D eigenvalue weighted by Crippen LogP contribution is 2.30. The number of aryl methyl sites for hydroxylation is 1. The lowest BCUT2D eigenvalue weighted by Crippen LogP contribution is -2.50. The Morgan fingerprint density at radius 3 is 2.76 bits per heavy atom. The zero-order valence-corrected chi connectivity index (χ0v) is 14.6. The molecule has 0 fully saturated rings. The molecule has 0 aliphatic carbocycles. The van der Waals surface area contributed by atoms with Crippen molar-refractivity contribution in [2.45, 2.75) is 31.8 Å². The van der Waals surface area contributed by atoms with Gasteiger partial charge in [-0.3, -0.25) is 4.79 Å². The van der Waals surface area contributed by atoms with Gasteiger partial charge >= 0.3 is 0 Å². The monoisotopic (exact) mass is 338 g/mol. The van der Waals surface area contributed by atoms with Crippen molar-refractivity contribution >= 4 is 17.7 Å². The lowest BCUT2D eigenvalue weighted by molar-refractivity contribution is -0.117. The van der Waals surface area contributed by atoms with Crippen LogP contribution in [0, 0.1) is 5.82 Å². The number of carbonyl (C=O) groups excluding carboxylic acids is 1.